The van der Waals surface area contributed by atoms with Gasteiger partial charge in [-0.05, 0) is 38.3 Å². The third-order valence-electron chi connectivity index (χ3n) is 5.63. The van der Waals surface area contributed by atoms with Crippen molar-refractivity contribution in [1.82, 2.24) is 10.2 Å². The zero-order valence-electron chi connectivity index (χ0n) is 15.9. The Morgan fingerprint density at radius 1 is 1.21 bits per heavy atom. The quantitative estimate of drug-likeness (QED) is 0.772. The standard InChI is InChI=1S/C19H26N2O6S/c1-13(27-16-2-3-17-18(10-16)26-12-25-17)19(22)20-14-4-7-21(8-5-14)15-6-9-28(23,24)11-15/h2-3,10,13-15H,4-9,11-12H2,1H3,(H,20,22)/t13-,15+/m1/s1. The summed E-state index contributed by atoms with van der Waals surface area (Å²) in [6.07, 6.45) is 1.73. The second kappa shape index (κ2) is 7.79. The van der Waals surface area contributed by atoms with Gasteiger partial charge in [0.15, 0.2) is 27.4 Å². The third-order valence-corrected chi connectivity index (χ3v) is 7.38. The number of carbonyl (C=O) groups is 1. The van der Waals surface area contributed by atoms with Crippen LogP contribution in [-0.4, -0.2) is 68.8 Å². The Morgan fingerprint density at radius 2 is 1.96 bits per heavy atom. The summed E-state index contributed by atoms with van der Waals surface area (Å²) in [5.41, 5.74) is 0. The Labute approximate surface area is 165 Å². The van der Waals surface area contributed by atoms with Crippen molar-refractivity contribution in [1.29, 1.82) is 0 Å². The smallest absolute Gasteiger partial charge is 0.260 e. The van der Waals surface area contributed by atoms with E-state index in [9.17, 15) is 13.2 Å². The van der Waals surface area contributed by atoms with E-state index >= 15 is 0 Å². The summed E-state index contributed by atoms with van der Waals surface area (Å²) in [4.78, 5) is 14.7. The van der Waals surface area contributed by atoms with Crippen molar-refractivity contribution in [3.05, 3.63) is 18.2 Å². The molecule has 1 amide bonds. The minimum atomic E-state index is -2.87. The first-order chi connectivity index (χ1) is 13.4. The van der Waals surface area contributed by atoms with Crippen LogP contribution in [0.5, 0.6) is 17.2 Å². The van der Waals surface area contributed by atoms with Crippen LogP contribution >= 0.6 is 0 Å². The Hall–Kier alpha value is -2.00. The average molecular weight is 410 g/mol. The van der Waals surface area contributed by atoms with E-state index in [0.29, 0.717) is 23.0 Å². The highest BCUT2D eigenvalue weighted by atomic mass is 32.2. The molecule has 9 heteroatoms. The SMILES string of the molecule is C[C@@H](Oc1ccc2c(c1)OCO2)C(=O)NC1CCN([C@H]2CCS(=O)(=O)C2)CC1. The van der Waals surface area contributed by atoms with Crippen LogP contribution in [0.15, 0.2) is 18.2 Å². The maximum Gasteiger partial charge on any atom is 0.260 e. The van der Waals surface area contributed by atoms with E-state index in [0.717, 1.165) is 32.4 Å². The van der Waals surface area contributed by atoms with Gasteiger partial charge in [-0.25, -0.2) is 8.42 Å². The lowest BCUT2D eigenvalue weighted by molar-refractivity contribution is -0.128. The molecule has 8 nitrogen and oxygen atoms in total. The molecular formula is C19H26N2O6S. The molecule has 2 saturated heterocycles. The van der Waals surface area contributed by atoms with Crippen LogP contribution in [0.3, 0.4) is 0 Å². The topological polar surface area (TPSA) is 94.2 Å². The molecule has 1 aromatic carbocycles. The second-order valence-electron chi connectivity index (χ2n) is 7.65. The third kappa shape index (κ3) is 4.35. The highest BCUT2D eigenvalue weighted by Gasteiger charge is 2.34. The number of ether oxygens (including phenoxy) is 3. The van der Waals surface area contributed by atoms with Crippen molar-refractivity contribution in [2.75, 3.05) is 31.4 Å². The number of benzene rings is 1. The number of hydrogen-bond acceptors (Lipinski definition) is 7. The molecule has 0 radical (unpaired) electrons. The van der Waals surface area contributed by atoms with Crippen LogP contribution in [-0.2, 0) is 14.6 Å². The van der Waals surface area contributed by atoms with Gasteiger partial charge in [-0.2, -0.15) is 0 Å². The molecule has 3 heterocycles. The molecule has 2 fully saturated rings. The molecule has 0 spiro atoms. The number of fused-ring (bicyclic) bond motifs is 1. The molecule has 2 atom stereocenters. The van der Waals surface area contributed by atoms with Crippen molar-refractivity contribution < 1.29 is 27.4 Å². The molecule has 4 rings (SSSR count). The monoisotopic (exact) mass is 410 g/mol. The largest absolute Gasteiger partial charge is 0.481 e. The van der Waals surface area contributed by atoms with Crippen LogP contribution in [0, 0.1) is 0 Å². The Bertz CT molecular complexity index is 835. The van der Waals surface area contributed by atoms with Gasteiger partial charge in [0.05, 0.1) is 11.5 Å². The fourth-order valence-corrected chi connectivity index (χ4v) is 5.76. The molecule has 1 N–H and O–H groups in total. The highest BCUT2D eigenvalue weighted by Crippen LogP contribution is 2.35. The summed E-state index contributed by atoms with van der Waals surface area (Å²) in [5, 5.41) is 3.05. The van der Waals surface area contributed by atoms with Gasteiger partial charge in [-0.3, -0.25) is 9.69 Å². The Balaban J connectivity index is 1.24. The van der Waals surface area contributed by atoms with E-state index in [1.165, 1.54) is 0 Å². The van der Waals surface area contributed by atoms with Crippen molar-refractivity contribution in [3.8, 4) is 17.2 Å². The molecule has 28 heavy (non-hydrogen) atoms. The minimum Gasteiger partial charge on any atom is -0.481 e. The van der Waals surface area contributed by atoms with Crippen molar-refractivity contribution in [3.63, 3.8) is 0 Å². The van der Waals surface area contributed by atoms with Crippen LogP contribution < -0.4 is 19.5 Å². The molecule has 0 unspecified atom stereocenters. The van der Waals surface area contributed by atoms with E-state index in [1.54, 1.807) is 25.1 Å². The van der Waals surface area contributed by atoms with E-state index in [-0.39, 0.29) is 30.5 Å². The molecule has 3 aliphatic rings. The van der Waals surface area contributed by atoms with E-state index in [4.69, 9.17) is 14.2 Å². The Morgan fingerprint density at radius 3 is 2.68 bits per heavy atom. The van der Waals surface area contributed by atoms with Gasteiger partial charge >= 0.3 is 0 Å². The van der Waals surface area contributed by atoms with Crippen LogP contribution in [0.25, 0.3) is 0 Å². The minimum absolute atomic E-state index is 0.0876. The summed E-state index contributed by atoms with van der Waals surface area (Å²) in [6.45, 7) is 3.53. The number of hydrogen-bond donors (Lipinski definition) is 1. The maximum absolute atomic E-state index is 12.5. The van der Waals surface area contributed by atoms with Crippen LogP contribution in [0.4, 0.5) is 0 Å². The summed E-state index contributed by atoms with van der Waals surface area (Å²) in [6, 6.07) is 5.46. The molecule has 1 aromatic rings. The van der Waals surface area contributed by atoms with Crippen molar-refractivity contribution in [2.45, 2.75) is 44.4 Å². The van der Waals surface area contributed by atoms with Crippen molar-refractivity contribution >= 4 is 15.7 Å². The fraction of sp³-hybridized carbons (Fsp3) is 0.632. The average Bonchev–Trinajstić information content (AvgIpc) is 3.27. The van der Waals surface area contributed by atoms with Gasteiger partial charge in [0.1, 0.15) is 5.75 Å². The predicted octanol–water partition coefficient (Wildman–Crippen LogP) is 0.950. The predicted molar refractivity (Wildman–Crippen MR) is 102 cm³/mol. The fourth-order valence-electron chi connectivity index (χ4n) is 4.00. The Kier molecular flexibility index (Phi) is 5.37. The number of likely N-dealkylation sites (tertiary alicyclic amines) is 1. The summed E-state index contributed by atoms with van der Waals surface area (Å²) < 4.78 is 39.7. The molecular weight excluding hydrogens is 384 g/mol. The molecule has 0 aliphatic carbocycles. The van der Waals surface area contributed by atoms with Crippen LogP contribution in [0.1, 0.15) is 26.2 Å². The lowest BCUT2D eigenvalue weighted by atomic mass is 10.0. The first-order valence-corrected chi connectivity index (χ1v) is 11.5. The van der Waals surface area contributed by atoms with Crippen LogP contribution in [0.2, 0.25) is 0 Å². The first-order valence-electron chi connectivity index (χ1n) is 9.71. The van der Waals surface area contributed by atoms with Gasteiger partial charge in [-0.15, -0.1) is 0 Å². The molecule has 154 valence electrons. The number of carbonyl (C=O) groups excluding carboxylic acids is 1. The number of amides is 1. The summed E-state index contributed by atoms with van der Waals surface area (Å²) in [7, 11) is -2.87. The number of piperidine rings is 1. The number of rotatable bonds is 5. The van der Waals surface area contributed by atoms with Gasteiger partial charge in [0.25, 0.3) is 5.91 Å². The van der Waals surface area contributed by atoms with E-state index in [1.807, 2.05) is 0 Å². The van der Waals surface area contributed by atoms with Gasteiger partial charge < -0.3 is 19.5 Å². The lowest BCUT2D eigenvalue weighted by Crippen LogP contribution is -2.50. The van der Waals surface area contributed by atoms with Gasteiger partial charge in [0, 0.05) is 31.2 Å². The molecule has 3 aliphatic heterocycles. The number of sulfone groups is 1. The summed E-state index contributed by atoms with van der Waals surface area (Å²) >= 11 is 0. The van der Waals surface area contributed by atoms with E-state index < -0.39 is 15.9 Å². The number of nitrogens with zero attached hydrogens (tertiary/aromatic N) is 1. The first kappa shape index (κ1) is 19.3. The second-order valence-corrected chi connectivity index (χ2v) is 9.88. The number of nitrogens with one attached hydrogen (secondary N) is 1. The highest BCUT2D eigenvalue weighted by molar-refractivity contribution is 7.91. The summed E-state index contributed by atoms with van der Waals surface area (Å²) in [5.74, 6) is 2.26. The zero-order chi connectivity index (χ0) is 19.7. The van der Waals surface area contributed by atoms with Gasteiger partial charge in [-0.1, -0.05) is 0 Å². The molecule has 0 aromatic heterocycles. The zero-order valence-corrected chi connectivity index (χ0v) is 16.7. The van der Waals surface area contributed by atoms with E-state index in [2.05, 4.69) is 10.2 Å². The molecule has 0 bridgehead atoms. The maximum atomic E-state index is 12.5. The molecule has 0 saturated carbocycles. The normalized spacial score (nSPS) is 25.4. The van der Waals surface area contributed by atoms with Gasteiger partial charge in [0.2, 0.25) is 6.79 Å². The van der Waals surface area contributed by atoms with Crippen molar-refractivity contribution in [2.24, 2.45) is 0 Å². The lowest BCUT2D eigenvalue weighted by Gasteiger charge is -2.36.